The van der Waals surface area contributed by atoms with Crippen LogP contribution in [0.3, 0.4) is 0 Å². The van der Waals surface area contributed by atoms with E-state index in [4.69, 9.17) is 11.6 Å². The Kier molecular flexibility index (Phi) is 2.48. The van der Waals surface area contributed by atoms with E-state index in [-0.39, 0.29) is 10.8 Å². The predicted octanol–water partition coefficient (Wildman–Crippen LogP) is 4.68. The van der Waals surface area contributed by atoms with Crippen molar-refractivity contribution in [1.82, 2.24) is 0 Å². The normalized spacial score (nSPS) is 26.8. The van der Waals surface area contributed by atoms with Crippen molar-refractivity contribution in [2.45, 2.75) is 24.1 Å². The molecule has 0 aromatic heterocycles. The average molecular weight is 243 g/mol. The summed E-state index contributed by atoms with van der Waals surface area (Å²) in [6, 6.07) is 19.2. The summed E-state index contributed by atoms with van der Waals surface area (Å²) in [6.07, 6.45) is 0.984. The van der Waals surface area contributed by atoms with Crippen LogP contribution >= 0.6 is 11.6 Å². The first-order chi connectivity index (χ1) is 8.22. The fraction of sp³-hybridized carbons (Fsp3) is 0.250. The van der Waals surface area contributed by atoms with Gasteiger partial charge in [0.15, 0.2) is 0 Å². The molecule has 1 aliphatic carbocycles. The minimum atomic E-state index is 0.0598. The van der Waals surface area contributed by atoms with Crippen LogP contribution in [0.2, 0.25) is 0 Å². The summed E-state index contributed by atoms with van der Waals surface area (Å²) in [5.41, 5.74) is 4.09. The van der Waals surface area contributed by atoms with E-state index in [1.54, 1.807) is 0 Å². The number of fused-ring (bicyclic) bond motifs is 1. The zero-order valence-corrected chi connectivity index (χ0v) is 10.6. The van der Waals surface area contributed by atoms with E-state index < -0.39 is 0 Å². The molecule has 0 radical (unpaired) electrons. The van der Waals surface area contributed by atoms with Crippen LogP contribution in [0.15, 0.2) is 54.6 Å². The van der Waals surface area contributed by atoms with Crippen LogP contribution in [0.1, 0.15) is 35.4 Å². The molecule has 3 rings (SSSR count). The number of halogens is 1. The molecule has 0 bridgehead atoms. The minimum Gasteiger partial charge on any atom is -0.118 e. The third-order valence-corrected chi connectivity index (χ3v) is 4.28. The van der Waals surface area contributed by atoms with Crippen molar-refractivity contribution in [3.8, 4) is 0 Å². The number of hydrogen-bond acceptors (Lipinski definition) is 0. The molecule has 2 atom stereocenters. The maximum atomic E-state index is 6.48. The highest BCUT2D eigenvalue weighted by molar-refractivity contribution is 6.21. The monoisotopic (exact) mass is 242 g/mol. The van der Waals surface area contributed by atoms with Crippen LogP contribution in [0, 0.1) is 0 Å². The lowest BCUT2D eigenvalue weighted by atomic mass is 9.77. The van der Waals surface area contributed by atoms with Gasteiger partial charge in [-0.2, -0.15) is 0 Å². The quantitative estimate of drug-likeness (QED) is 0.637. The summed E-state index contributed by atoms with van der Waals surface area (Å²) in [4.78, 5) is 0. The Morgan fingerprint density at radius 3 is 2.41 bits per heavy atom. The lowest BCUT2D eigenvalue weighted by Gasteiger charge is -2.26. The van der Waals surface area contributed by atoms with E-state index in [9.17, 15) is 0 Å². The highest BCUT2D eigenvalue weighted by Crippen LogP contribution is 2.51. The summed E-state index contributed by atoms with van der Waals surface area (Å²) in [6.45, 7) is 2.30. The Balaban J connectivity index is 2.18. The molecule has 1 heteroatoms. The van der Waals surface area contributed by atoms with Gasteiger partial charge in [0.2, 0.25) is 0 Å². The molecule has 17 heavy (non-hydrogen) atoms. The first kappa shape index (κ1) is 10.9. The molecule has 2 aromatic rings. The molecule has 0 aliphatic heterocycles. The van der Waals surface area contributed by atoms with Crippen molar-refractivity contribution in [2.75, 3.05) is 0 Å². The van der Waals surface area contributed by atoms with Gasteiger partial charge in [0.1, 0.15) is 0 Å². The summed E-state index contributed by atoms with van der Waals surface area (Å²) in [7, 11) is 0. The lowest BCUT2D eigenvalue weighted by Crippen LogP contribution is -2.19. The van der Waals surface area contributed by atoms with Crippen molar-refractivity contribution in [2.24, 2.45) is 0 Å². The van der Waals surface area contributed by atoms with Gasteiger partial charge in [0.25, 0.3) is 0 Å². The second kappa shape index (κ2) is 3.89. The smallest absolute Gasteiger partial charge is 0.0599 e. The molecule has 0 fully saturated rings. The summed E-state index contributed by atoms with van der Waals surface area (Å²) in [5.74, 6) is 0. The molecule has 2 aromatic carbocycles. The van der Waals surface area contributed by atoms with Gasteiger partial charge < -0.3 is 0 Å². The first-order valence-corrected chi connectivity index (χ1v) is 6.44. The van der Waals surface area contributed by atoms with Gasteiger partial charge in [0, 0.05) is 5.41 Å². The van der Waals surface area contributed by atoms with Gasteiger partial charge in [-0.1, -0.05) is 61.5 Å². The number of benzene rings is 2. The van der Waals surface area contributed by atoms with Crippen molar-refractivity contribution < 1.29 is 0 Å². The number of hydrogen-bond donors (Lipinski definition) is 0. The topological polar surface area (TPSA) is 0 Å². The molecule has 0 nitrogen and oxygen atoms in total. The van der Waals surface area contributed by atoms with Crippen LogP contribution in [-0.2, 0) is 5.41 Å². The maximum absolute atomic E-state index is 6.48. The predicted molar refractivity (Wildman–Crippen MR) is 72.5 cm³/mol. The van der Waals surface area contributed by atoms with Gasteiger partial charge in [0.05, 0.1) is 5.38 Å². The van der Waals surface area contributed by atoms with Crippen molar-refractivity contribution in [3.63, 3.8) is 0 Å². The van der Waals surface area contributed by atoms with Gasteiger partial charge in [-0.15, -0.1) is 11.6 Å². The van der Waals surface area contributed by atoms with E-state index in [0.29, 0.717) is 0 Å². The minimum absolute atomic E-state index is 0.0598. The van der Waals surface area contributed by atoms with Gasteiger partial charge in [-0.25, -0.2) is 0 Å². The third-order valence-electron chi connectivity index (χ3n) is 3.89. The van der Waals surface area contributed by atoms with Crippen molar-refractivity contribution in [3.05, 3.63) is 71.3 Å². The molecule has 86 valence electrons. The average Bonchev–Trinajstić information content (AvgIpc) is 2.65. The number of rotatable bonds is 1. The molecule has 0 spiro atoms. The van der Waals surface area contributed by atoms with Gasteiger partial charge in [-0.3, -0.25) is 0 Å². The lowest BCUT2D eigenvalue weighted by molar-refractivity contribution is 0.559. The Labute approximate surface area is 107 Å². The largest absolute Gasteiger partial charge is 0.118 e. The van der Waals surface area contributed by atoms with E-state index in [1.165, 1.54) is 16.7 Å². The van der Waals surface area contributed by atoms with Crippen LogP contribution in [0.5, 0.6) is 0 Å². The fourth-order valence-corrected chi connectivity index (χ4v) is 3.43. The zero-order valence-electron chi connectivity index (χ0n) is 9.86. The van der Waals surface area contributed by atoms with Crippen LogP contribution in [-0.4, -0.2) is 0 Å². The fourth-order valence-electron chi connectivity index (χ4n) is 2.93. The van der Waals surface area contributed by atoms with E-state index >= 15 is 0 Å². The Morgan fingerprint density at radius 1 is 1.00 bits per heavy atom. The Hall–Kier alpha value is -1.27. The zero-order chi connectivity index (χ0) is 11.9. The highest BCUT2D eigenvalue weighted by atomic mass is 35.5. The third kappa shape index (κ3) is 1.59. The molecule has 2 unspecified atom stereocenters. The highest BCUT2D eigenvalue weighted by Gasteiger charge is 2.40. The van der Waals surface area contributed by atoms with E-state index in [0.717, 1.165) is 6.42 Å². The van der Waals surface area contributed by atoms with E-state index in [1.807, 2.05) is 0 Å². The standard InChI is InChI=1S/C16H15Cl/c1-16(12-7-3-2-4-8-12)11-15(17)13-9-5-6-10-14(13)16/h2-10,15H,11H2,1H3. The van der Waals surface area contributed by atoms with Crippen molar-refractivity contribution >= 4 is 11.6 Å². The summed E-state index contributed by atoms with van der Waals surface area (Å²) < 4.78 is 0. The molecular formula is C16H15Cl. The SMILES string of the molecule is CC1(c2ccccc2)CC(Cl)c2ccccc21. The molecule has 0 amide bonds. The maximum Gasteiger partial charge on any atom is 0.0599 e. The molecular weight excluding hydrogens is 228 g/mol. The second-order valence-corrected chi connectivity index (χ2v) is 5.48. The van der Waals surface area contributed by atoms with Gasteiger partial charge >= 0.3 is 0 Å². The molecule has 0 saturated heterocycles. The molecule has 0 heterocycles. The van der Waals surface area contributed by atoms with Gasteiger partial charge in [-0.05, 0) is 23.1 Å². The van der Waals surface area contributed by atoms with E-state index in [2.05, 4.69) is 61.5 Å². The number of alkyl halides is 1. The summed E-state index contributed by atoms with van der Waals surface area (Å²) in [5, 5.41) is 0.136. The second-order valence-electron chi connectivity index (χ2n) is 4.96. The van der Waals surface area contributed by atoms with Crippen LogP contribution in [0.25, 0.3) is 0 Å². The first-order valence-electron chi connectivity index (χ1n) is 6.01. The Morgan fingerprint density at radius 2 is 1.65 bits per heavy atom. The van der Waals surface area contributed by atoms with Crippen molar-refractivity contribution in [1.29, 1.82) is 0 Å². The molecule has 0 saturated carbocycles. The Bertz CT molecular complexity index is 532. The molecule has 1 aliphatic rings. The molecule has 0 N–H and O–H groups in total. The van der Waals surface area contributed by atoms with Crippen LogP contribution < -0.4 is 0 Å². The van der Waals surface area contributed by atoms with Crippen LogP contribution in [0.4, 0.5) is 0 Å². The summed E-state index contributed by atoms with van der Waals surface area (Å²) >= 11 is 6.48.